The third-order valence-corrected chi connectivity index (χ3v) is 3.89. The highest BCUT2D eigenvalue weighted by Crippen LogP contribution is 2.34. The van der Waals surface area contributed by atoms with Crippen LogP contribution >= 0.6 is 0 Å². The Kier molecular flexibility index (Phi) is 3.92. The number of carbonyl (C=O) groups excluding carboxylic acids is 1. The predicted octanol–water partition coefficient (Wildman–Crippen LogP) is 3.70. The maximum atomic E-state index is 13.0. The van der Waals surface area contributed by atoms with Crippen molar-refractivity contribution in [1.82, 2.24) is 9.88 Å². The van der Waals surface area contributed by atoms with Gasteiger partial charge in [0.15, 0.2) is 5.78 Å². The molecule has 4 nitrogen and oxygen atoms in total. The average molecular weight is 293 g/mol. The van der Waals surface area contributed by atoms with Crippen LogP contribution in [0.5, 0.6) is 0 Å². The number of Topliss-reactive ketones (excluding diaryl/α,β-unsaturated/α-hetero) is 1. The highest BCUT2D eigenvalue weighted by Gasteiger charge is 2.25. The molecule has 0 bridgehead atoms. The molecule has 0 saturated carbocycles. The molecule has 0 aliphatic carbocycles. The number of nitrogens with one attached hydrogen (secondary N) is 1. The molecule has 2 heterocycles. The molecule has 0 unspecified atom stereocenters. The summed E-state index contributed by atoms with van der Waals surface area (Å²) in [6.07, 6.45) is 3.66. The Hall–Kier alpha value is -2.62. The normalized spacial score (nSPS) is 14.8. The number of benzene rings is 1. The van der Waals surface area contributed by atoms with Crippen molar-refractivity contribution in [2.75, 3.05) is 18.4 Å². The van der Waals surface area contributed by atoms with Crippen molar-refractivity contribution >= 4 is 22.9 Å². The lowest BCUT2D eigenvalue weighted by molar-refractivity contribution is 0.105. The Morgan fingerprint density at radius 3 is 2.59 bits per heavy atom. The number of pyridine rings is 1. The van der Waals surface area contributed by atoms with E-state index < -0.39 is 0 Å². The molecular weight excluding hydrogens is 274 g/mol. The minimum absolute atomic E-state index is 0.00690. The molecular formula is C18H19N3O. The molecule has 0 spiro atoms. The van der Waals surface area contributed by atoms with Crippen LogP contribution in [0.2, 0.25) is 0 Å². The molecule has 1 aromatic carbocycles. The van der Waals surface area contributed by atoms with E-state index in [0.29, 0.717) is 17.0 Å². The van der Waals surface area contributed by atoms with Crippen LogP contribution in [0.25, 0.3) is 5.57 Å². The van der Waals surface area contributed by atoms with E-state index in [1.807, 2.05) is 36.5 Å². The third kappa shape index (κ3) is 2.48. The summed E-state index contributed by atoms with van der Waals surface area (Å²) < 4.78 is 0. The third-order valence-electron chi connectivity index (χ3n) is 3.89. The highest BCUT2D eigenvalue weighted by molar-refractivity contribution is 6.32. The van der Waals surface area contributed by atoms with Crippen LogP contribution in [0, 0.1) is 0 Å². The number of hydrogen-bond acceptors (Lipinski definition) is 4. The Labute approximate surface area is 130 Å². The van der Waals surface area contributed by atoms with Gasteiger partial charge in [-0.1, -0.05) is 18.2 Å². The second-order valence-electron chi connectivity index (χ2n) is 5.16. The molecule has 0 atom stereocenters. The monoisotopic (exact) mass is 293 g/mol. The zero-order valence-corrected chi connectivity index (χ0v) is 12.8. The number of para-hydroxylation sites is 1. The van der Waals surface area contributed by atoms with Crippen molar-refractivity contribution in [2.24, 2.45) is 0 Å². The van der Waals surface area contributed by atoms with Crippen LogP contribution < -0.4 is 5.32 Å². The van der Waals surface area contributed by atoms with Gasteiger partial charge in [-0.05, 0) is 32.0 Å². The zero-order chi connectivity index (χ0) is 15.5. The van der Waals surface area contributed by atoms with Gasteiger partial charge in [0.05, 0.1) is 5.56 Å². The van der Waals surface area contributed by atoms with Crippen LogP contribution in [-0.2, 0) is 0 Å². The summed E-state index contributed by atoms with van der Waals surface area (Å²) in [5.74, 6) is 0.621. The molecule has 2 aromatic rings. The molecule has 1 aromatic heterocycles. The summed E-state index contributed by atoms with van der Waals surface area (Å²) >= 11 is 0. The van der Waals surface area contributed by atoms with Crippen LogP contribution in [0.3, 0.4) is 0 Å². The molecule has 0 saturated heterocycles. The molecule has 112 valence electrons. The molecule has 22 heavy (non-hydrogen) atoms. The Bertz CT molecular complexity index is 733. The lowest BCUT2D eigenvalue weighted by atomic mass is 9.98. The first-order valence-electron chi connectivity index (χ1n) is 7.56. The van der Waals surface area contributed by atoms with Crippen molar-refractivity contribution in [3.63, 3.8) is 0 Å². The topological polar surface area (TPSA) is 45.2 Å². The number of ketones is 1. The fourth-order valence-electron chi connectivity index (χ4n) is 2.63. The SMILES string of the molecule is CCN(C=C1C(=O)c2cccnc2Nc2ccccc21)CC. The second-order valence-corrected chi connectivity index (χ2v) is 5.16. The minimum Gasteiger partial charge on any atom is -0.377 e. The molecule has 0 fully saturated rings. The maximum Gasteiger partial charge on any atom is 0.198 e. The van der Waals surface area contributed by atoms with Crippen LogP contribution in [0.15, 0.2) is 48.8 Å². The van der Waals surface area contributed by atoms with Gasteiger partial charge in [-0.25, -0.2) is 4.98 Å². The summed E-state index contributed by atoms with van der Waals surface area (Å²) in [7, 11) is 0. The number of hydrogen-bond donors (Lipinski definition) is 1. The van der Waals surface area contributed by atoms with E-state index in [9.17, 15) is 4.79 Å². The van der Waals surface area contributed by atoms with Gasteiger partial charge in [-0.2, -0.15) is 0 Å². The Morgan fingerprint density at radius 1 is 1.09 bits per heavy atom. The first kappa shape index (κ1) is 14.3. The fraction of sp³-hybridized carbons (Fsp3) is 0.222. The first-order chi connectivity index (χ1) is 10.7. The standard InChI is InChI=1S/C18H19N3O/c1-3-21(4-2)12-15-13-8-5-6-10-16(13)20-18-14(17(15)22)9-7-11-19-18/h5-12H,3-4H2,1-2H3,(H,19,20). The number of nitrogens with zero attached hydrogens (tertiary/aromatic N) is 2. The van der Waals surface area contributed by atoms with Gasteiger partial charge in [0.1, 0.15) is 5.82 Å². The van der Waals surface area contributed by atoms with E-state index in [2.05, 4.69) is 29.0 Å². The Balaban J connectivity index is 2.21. The molecule has 1 N–H and O–H groups in total. The molecule has 0 amide bonds. The molecule has 1 aliphatic heterocycles. The summed E-state index contributed by atoms with van der Waals surface area (Å²) in [6.45, 7) is 5.90. The van der Waals surface area contributed by atoms with Gasteiger partial charge < -0.3 is 10.2 Å². The molecule has 0 radical (unpaired) electrons. The van der Waals surface area contributed by atoms with Crippen LogP contribution in [0.4, 0.5) is 11.5 Å². The van der Waals surface area contributed by atoms with Crippen molar-refractivity contribution in [3.05, 3.63) is 59.9 Å². The predicted molar refractivity (Wildman–Crippen MR) is 89.2 cm³/mol. The fourth-order valence-corrected chi connectivity index (χ4v) is 2.63. The smallest absolute Gasteiger partial charge is 0.198 e. The van der Waals surface area contributed by atoms with Crippen molar-refractivity contribution in [1.29, 1.82) is 0 Å². The average Bonchev–Trinajstić information content (AvgIpc) is 2.68. The van der Waals surface area contributed by atoms with E-state index >= 15 is 0 Å². The van der Waals surface area contributed by atoms with Gasteiger partial charge in [0, 0.05) is 42.3 Å². The van der Waals surface area contributed by atoms with Crippen LogP contribution in [0.1, 0.15) is 29.8 Å². The van der Waals surface area contributed by atoms with E-state index in [0.717, 1.165) is 24.3 Å². The number of anilines is 2. The molecule has 3 rings (SSSR count). The number of fused-ring (bicyclic) bond motifs is 2. The highest BCUT2D eigenvalue weighted by atomic mass is 16.1. The Morgan fingerprint density at radius 2 is 1.82 bits per heavy atom. The quantitative estimate of drug-likeness (QED) is 0.876. The van der Waals surface area contributed by atoms with E-state index in [1.165, 1.54) is 0 Å². The number of rotatable bonds is 3. The summed E-state index contributed by atoms with van der Waals surface area (Å²) in [5, 5.41) is 3.28. The second kappa shape index (κ2) is 6.02. The summed E-state index contributed by atoms with van der Waals surface area (Å²) in [5.41, 5.74) is 3.14. The van der Waals surface area contributed by atoms with Gasteiger partial charge in [0.25, 0.3) is 0 Å². The van der Waals surface area contributed by atoms with Gasteiger partial charge in [-0.15, -0.1) is 0 Å². The van der Waals surface area contributed by atoms with E-state index in [1.54, 1.807) is 12.3 Å². The maximum absolute atomic E-state index is 13.0. The summed E-state index contributed by atoms with van der Waals surface area (Å²) in [6, 6.07) is 11.5. The van der Waals surface area contributed by atoms with Crippen molar-refractivity contribution in [2.45, 2.75) is 13.8 Å². The molecule has 1 aliphatic rings. The lowest BCUT2D eigenvalue weighted by Gasteiger charge is -2.18. The lowest BCUT2D eigenvalue weighted by Crippen LogP contribution is -2.18. The molecule has 4 heteroatoms. The number of carbonyl (C=O) groups is 1. The van der Waals surface area contributed by atoms with E-state index in [-0.39, 0.29) is 5.78 Å². The first-order valence-corrected chi connectivity index (χ1v) is 7.56. The van der Waals surface area contributed by atoms with Gasteiger partial charge >= 0.3 is 0 Å². The van der Waals surface area contributed by atoms with Crippen molar-refractivity contribution < 1.29 is 4.79 Å². The largest absolute Gasteiger partial charge is 0.377 e. The minimum atomic E-state index is 0.00690. The number of allylic oxidation sites excluding steroid dienone is 1. The zero-order valence-electron chi connectivity index (χ0n) is 12.8. The van der Waals surface area contributed by atoms with E-state index in [4.69, 9.17) is 0 Å². The van der Waals surface area contributed by atoms with Gasteiger partial charge in [0.2, 0.25) is 0 Å². The summed E-state index contributed by atoms with van der Waals surface area (Å²) in [4.78, 5) is 19.4. The number of aromatic nitrogens is 1. The van der Waals surface area contributed by atoms with Crippen molar-refractivity contribution in [3.8, 4) is 0 Å². The van der Waals surface area contributed by atoms with Crippen LogP contribution in [-0.4, -0.2) is 28.8 Å². The van der Waals surface area contributed by atoms with Gasteiger partial charge in [-0.3, -0.25) is 4.79 Å².